The molecule has 3 aromatic rings. The van der Waals surface area contributed by atoms with Crippen LogP contribution in [0.15, 0.2) is 54.6 Å². The van der Waals surface area contributed by atoms with Gasteiger partial charge >= 0.3 is 12.1 Å². The van der Waals surface area contributed by atoms with Crippen LogP contribution in [0.3, 0.4) is 0 Å². The Kier molecular flexibility index (Phi) is 11.9. The summed E-state index contributed by atoms with van der Waals surface area (Å²) in [5.41, 5.74) is 4.95. The number of nitrogens with one attached hydrogen (secondary N) is 3. The molecule has 0 spiro atoms. The molecule has 0 fully saturated rings. The van der Waals surface area contributed by atoms with Gasteiger partial charge in [-0.1, -0.05) is 37.6 Å². The normalized spacial score (nSPS) is 14.6. The number of benzene rings is 2. The zero-order valence-electron chi connectivity index (χ0n) is 23.1. The molecule has 0 radical (unpaired) electrons. The number of carbonyl (C=O) groups is 2. The zero-order chi connectivity index (χ0) is 28.2. The van der Waals surface area contributed by atoms with Gasteiger partial charge in [-0.3, -0.25) is 5.32 Å². The molecule has 210 valence electrons. The topological polar surface area (TPSA) is 103 Å². The smallest absolute Gasteiger partial charge is 0.411 e. The number of anilines is 1. The van der Waals surface area contributed by atoms with Gasteiger partial charge in [-0.25, -0.2) is 9.59 Å². The summed E-state index contributed by atoms with van der Waals surface area (Å²) < 4.78 is 5.28. The summed E-state index contributed by atoms with van der Waals surface area (Å²) in [6, 6.07) is 12.1. The summed E-state index contributed by atoms with van der Waals surface area (Å²) >= 11 is 5.52. The van der Waals surface area contributed by atoms with Gasteiger partial charge in [0.2, 0.25) is 0 Å². The van der Waals surface area contributed by atoms with E-state index in [-0.39, 0.29) is 11.7 Å². The molecule has 2 aromatic carbocycles. The van der Waals surface area contributed by atoms with Gasteiger partial charge in [-0.05, 0) is 112 Å². The SMILES string of the molecule is C/C=C/CCCOC(=O)Nc1ccc2[nH]c3c(c2c1)CC(CNCC(C)C)CC3.O=C(O)c1ccc(Cl)cc1. The van der Waals surface area contributed by atoms with Crippen LogP contribution in [0, 0.1) is 11.8 Å². The predicted molar refractivity (Wildman–Crippen MR) is 159 cm³/mol. The summed E-state index contributed by atoms with van der Waals surface area (Å²) in [5.74, 6) is 0.411. The number of aromatic carboxylic acids is 1. The van der Waals surface area contributed by atoms with Gasteiger partial charge in [0.25, 0.3) is 0 Å². The van der Waals surface area contributed by atoms with E-state index in [1.165, 1.54) is 35.2 Å². The lowest BCUT2D eigenvalue weighted by Gasteiger charge is -2.23. The number of hydrogen-bond acceptors (Lipinski definition) is 4. The first-order chi connectivity index (χ1) is 18.8. The van der Waals surface area contributed by atoms with Crippen molar-refractivity contribution in [2.24, 2.45) is 11.8 Å². The maximum Gasteiger partial charge on any atom is 0.411 e. The average Bonchev–Trinajstić information content (AvgIpc) is 3.26. The summed E-state index contributed by atoms with van der Waals surface area (Å²) in [6.45, 7) is 9.06. The number of aromatic amines is 1. The molecular formula is C31H40ClN3O4. The molecule has 0 aliphatic heterocycles. The first kappa shape index (κ1) is 30.3. The Morgan fingerprint density at radius 1 is 1.21 bits per heavy atom. The average molecular weight is 554 g/mol. The lowest BCUT2D eigenvalue weighted by atomic mass is 9.86. The third-order valence-corrected chi connectivity index (χ3v) is 6.85. The largest absolute Gasteiger partial charge is 0.478 e. The van der Waals surface area contributed by atoms with Gasteiger partial charge in [-0.15, -0.1) is 0 Å². The van der Waals surface area contributed by atoms with Crippen LogP contribution in [-0.4, -0.2) is 41.8 Å². The van der Waals surface area contributed by atoms with E-state index in [9.17, 15) is 9.59 Å². The monoisotopic (exact) mass is 553 g/mol. The molecule has 8 heteroatoms. The fourth-order valence-corrected chi connectivity index (χ4v) is 4.72. The molecule has 1 heterocycles. The number of halogens is 1. The predicted octanol–water partition coefficient (Wildman–Crippen LogP) is 7.46. The molecule has 1 aromatic heterocycles. The highest BCUT2D eigenvalue weighted by Crippen LogP contribution is 2.33. The molecular weight excluding hydrogens is 514 g/mol. The van der Waals surface area contributed by atoms with Crippen LogP contribution in [0.5, 0.6) is 0 Å². The van der Waals surface area contributed by atoms with Crippen molar-refractivity contribution in [3.05, 3.63) is 76.5 Å². The Hall–Kier alpha value is -3.29. The van der Waals surface area contributed by atoms with Gasteiger partial charge in [0.05, 0.1) is 12.2 Å². The third kappa shape index (κ3) is 9.75. The zero-order valence-corrected chi connectivity index (χ0v) is 23.8. The number of fused-ring (bicyclic) bond motifs is 3. The molecule has 0 saturated heterocycles. The van der Waals surface area contributed by atoms with E-state index in [1.807, 2.05) is 19.1 Å². The molecule has 0 bridgehead atoms. The van der Waals surface area contributed by atoms with Crippen LogP contribution in [0.2, 0.25) is 5.02 Å². The number of ether oxygens (including phenoxy) is 1. The first-order valence-corrected chi connectivity index (χ1v) is 14.0. The Balaban J connectivity index is 0.000000353. The molecule has 39 heavy (non-hydrogen) atoms. The van der Waals surface area contributed by atoms with Crippen molar-refractivity contribution >= 4 is 40.3 Å². The van der Waals surface area contributed by atoms with Crippen LogP contribution >= 0.6 is 11.6 Å². The van der Waals surface area contributed by atoms with Crippen molar-refractivity contribution < 1.29 is 19.4 Å². The second-order valence-electron chi connectivity index (χ2n) is 10.3. The van der Waals surface area contributed by atoms with E-state index >= 15 is 0 Å². The molecule has 4 N–H and O–H groups in total. The second kappa shape index (κ2) is 15.3. The van der Waals surface area contributed by atoms with E-state index in [2.05, 4.69) is 47.7 Å². The lowest BCUT2D eigenvalue weighted by molar-refractivity contribution is 0.0697. The van der Waals surface area contributed by atoms with Crippen molar-refractivity contribution in [3.63, 3.8) is 0 Å². The van der Waals surface area contributed by atoms with E-state index < -0.39 is 5.97 Å². The van der Waals surface area contributed by atoms with Crippen molar-refractivity contribution in [1.29, 1.82) is 0 Å². The Labute approximate surface area is 236 Å². The highest BCUT2D eigenvalue weighted by atomic mass is 35.5. The molecule has 4 rings (SSSR count). The maximum absolute atomic E-state index is 12.1. The summed E-state index contributed by atoms with van der Waals surface area (Å²) in [6.07, 6.45) is 8.87. The quantitative estimate of drug-likeness (QED) is 0.154. The van der Waals surface area contributed by atoms with Crippen molar-refractivity contribution in [1.82, 2.24) is 10.3 Å². The highest BCUT2D eigenvalue weighted by molar-refractivity contribution is 6.30. The number of carboxylic acid groups (broad SMARTS) is 1. The van der Waals surface area contributed by atoms with Gasteiger partial charge in [0.1, 0.15) is 0 Å². The number of allylic oxidation sites excluding steroid dienone is 2. The number of carboxylic acids is 1. The Bertz CT molecular complexity index is 1250. The molecule has 7 nitrogen and oxygen atoms in total. The van der Waals surface area contributed by atoms with E-state index in [4.69, 9.17) is 21.4 Å². The van der Waals surface area contributed by atoms with Crippen LogP contribution in [0.4, 0.5) is 10.5 Å². The summed E-state index contributed by atoms with van der Waals surface area (Å²) in [5, 5.41) is 16.7. The number of carbonyl (C=O) groups excluding carboxylic acids is 1. The minimum absolute atomic E-state index is 0.254. The first-order valence-electron chi connectivity index (χ1n) is 13.6. The number of aryl methyl sites for hydroxylation is 1. The van der Waals surface area contributed by atoms with Crippen LogP contribution in [0.25, 0.3) is 10.9 Å². The fourth-order valence-electron chi connectivity index (χ4n) is 4.60. The summed E-state index contributed by atoms with van der Waals surface area (Å²) in [4.78, 5) is 25.9. The Morgan fingerprint density at radius 2 is 1.97 bits per heavy atom. The molecule has 1 aliphatic carbocycles. The molecule has 1 aliphatic rings. The van der Waals surface area contributed by atoms with Crippen molar-refractivity contribution in [2.45, 2.75) is 52.9 Å². The van der Waals surface area contributed by atoms with Crippen LogP contribution in [-0.2, 0) is 17.6 Å². The van der Waals surface area contributed by atoms with E-state index in [0.29, 0.717) is 23.5 Å². The molecule has 1 unspecified atom stereocenters. The fraction of sp³-hybridized carbons (Fsp3) is 0.419. The summed E-state index contributed by atoms with van der Waals surface area (Å²) in [7, 11) is 0. The third-order valence-electron chi connectivity index (χ3n) is 6.60. The van der Waals surface area contributed by atoms with E-state index in [0.717, 1.165) is 50.0 Å². The minimum Gasteiger partial charge on any atom is -0.478 e. The number of rotatable bonds is 10. The van der Waals surface area contributed by atoms with Gasteiger partial charge in [0.15, 0.2) is 0 Å². The number of amides is 1. The van der Waals surface area contributed by atoms with Crippen LogP contribution < -0.4 is 10.6 Å². The van der Waals surface area contributed by atoms with Crippen LogP contribution in [0.1, 0.15) is 61.6 Å². The van der Waals surface area contributed by atoms with Crippen molar-refractivity contribution in [3.8, 4) is 0 Å². The highest BCUT2D eigenvalue weighted by Gasteiger charge is 2.22. The molecule has 1 amide bonds. The minimum atomic E-state index is -0.934. The number of aromatic nitrogens is 1. The lowest BCUT2D eigenvalue weighted by Crippen LogP contribution is -2.29. The van der Waals surface area contributed by atoms with Gasteiger partial charge in [-0.2, -0.15) is 0 Å². The van der Waals surface area contributed by atoms with E-state index in [1.54, 1.807) is 12.1 Å². The molecule has 0 saturated carbocycles. The molecule has 1 atom stereocenters. The number of hydrogen-bond donors (Lipinski definition) is 4. The van der Waals surface area contributed by atoms with Crippen molar-refractivity contribution in [2.75, 3.05) is 25.0 Å². The van der Waals surface area contributed by atoms with Gasteiger partial charge in [0, 0.05) is 27.3 Å². The maximum atomic E-state index is 12.1. The number of H-pyrrole nitrogens is 1. The van der Waals surface area contributed by atoms with Gasteiger partial charge < -0.3 is 20.1 Å². The standard InChI is InChI=1S/C24H35N3O2.C7H5ClO2/c1-4-5-6-7-12-29-24(28)26-19-9-11-23-21(14-19)20-13-18(8-10-22(20)27-23)16-25-15-17(2)3;8-6-3-1-5(2-4-6)7(9)10/h4-5,9,11,14,17-18,25,27H,6-8,10,12-13,15-16H2,1-3H3,(H,26,28);1-4H,(H,9,10)/b5-4+;. The number of unbranched alkanes of at least 4 members (excludes halogenated alkanes) is 1. The Morgan fingerprint density at radius 3 is 2.67 bits per heavy atom. The second-order valence-corrected chi connectivity index (χ2v) is 10.7.